The summed E-state index contributed by atoms with van der Waals surface area (Å²) in [5.41, 5.74) is -1.09. The van der Waals surface area contributed by atoms with Crippen molar-refractivity contribution >= 4 is 12.6 Å². The van der Waals surface area contributed by atoms with Gasteiger partial charge in [0.15, 0.2) is 0 Å². The molecule has 1 unspecified atom stereocenters. The van der Waals surface area contributed by atoms with Gasteiger partial charge in [0.25, 0.3) is 0 Å². The lowest BCUT2D eigenvalue weighted by molar-refractivity contribution is -0.328. The summed E-state index contributed by atoms with van der Waals surface area (Å²) in [5, 5.41) is 0. The summed E-state index contributed by atoms with van der Waals surface area (Å²) >= 11 is 3.35. The minimum Gasteiger partial charge on any atom is -0.278 e. The van der Waals surface area contributed by atoms with Crippen molar-refractivity contribution < 1.29 is 17.9 Å². The molecule has 8 heavy (non-hydrogen) atoms. The first kappa shape index (κ1) is 8.10. The van der Waals surface area contributed by atoms with E-state index < -0.39 is 11.8 Å². The molecule has 0 radical (unpaired) electrons. The molecule has 0 spiro atoms. The Morgan fingerprint density at radius 1 is 1.50 bits per heavy atom. The van der Waals surface area contributed by atoms with Crippen molar-refractivity contribution in [3.63, 3.8) is 0 Å². The summed E-state index contributed by atoms with van der Waals surface area (Å²) in [6, 6.07) is 0. The largest absolute Gasteiger partial charge is 0.523 e. The van der Waals surface area contributed by atoms with Crippen LogP contribution in [0, 0.1) is 0 Å². The second-order valence-corrected chi connectivity index (χ2v) is 1.89. The maximum atomic E-state index is 11.0. The SMILES string of the molecule is CC(S)OC(F)(F)F. The second-order valence-electron chi connectivity index (χ2n) is 1.16. The monoisotopic (exact) mass is 146 g/mol. The maximum Gasteiger partial charge on any atom is 0.523 e. The third-order valence-corrected chi connectivity index (χ3v) is 0.410. The van der Waals surface area contributed by atoms with Gasteiger partial charge in [-0.3, -0.25) is 4.74 Å². The van der Waals surface area contributed by atoms with Crippen LogP contribution >= 0.6 is 12.6 Å². The second kappa shape index (κ2) is 2.59. The molecule has 0 aliphatic carbocycles. The zero-order valence-electron chi connectivity index (χ0n) is 4.07. The lowest BCUT2D eigenvalue weighted by Gasteiger charge is -2.08. The van der Waals surface area contributed by atoms with Crippen molar-refractivity contribution in [2.24, 2.45) is 0 Å². The van der Waals surface area contributed by atoms with Crippen molar-refractivity contribution in [3.05, 3.63) is 0 Å². The van der Waals surface area contributed by atoms with Gasteiger partial charge in [-0.2, -0.15) is 0 Å². The summed E-state index contributed by atoms with van der Waals surface area (Å²) in [7, 11) is 0. The summed E-state index contributed by atoms with van der Waals surface area (Å²) in [6.45, 7) is 1.19. The fraction of sp³-hybridized carbons (Fsp3) is 1.00. The third kappa shape index (κ3) is 6.10. The van der Waals surface area contributed by atoms with E-state index in [0.717, 1.165) is 0 Å². The van der Waals surface area contributed by atoms with Crippen LogP contribution in [0.2, 0.25) is 0 Å². The molecular weight excluding hydrogens is 141 g/mol. The van der Waals surface area contributed by atoms with Gasteiger partial charge >= 0.3 is 6.36 Å². The Kier molecular flexibility index (Phi) is 2.62. The van der Waals surface area contributed by atoms with E-state index in [1.165, 1.54) is 6.92 Å². The average Bonchev–Trinajstić information content (AvgIpc) is 1.21. The normalized spacial score (nSPS) is 16.1. The molecule has 0 saturated heterocycles. The lowest BCUT2D eigenvalue weighted by Crippen LogP contribution is -2.17. The molecule has 1 nitrogen and oxygen atoms in total. The highest BCUT2D eigenvalue weighted by atomic mass is 32.1. The summed E-state index contributed by atoms with van der Waals surface area (Å²) in [4.78, 5) is 0. The van der Waals surface area contributed by atoms with Crippen molar-refractivity contribution in [2.45, 2.75) is 18.7 Å². The van der Waals surface area contributed by atoms with E-state index in [9.17, 15) is 13.2 Å². The van der Waals surface area contributed by atoms with Crippen LogP contribution in [-0.4, -0.2) is 11.8 Å². The number of thiol groups is 1. The maximum absolute atomic E-state index is 11.0. The van der Waals surface area contributed by atoms with Gasteiger partial charge in [-0.05, 0) is 6.92 Å². The van der Waals surface area contributed by atoms with Gasteiger partial charge in [0.05, 0.1) is 0 Å². The van der Waals surface area contributed by atoms with E-state index in [2.05, 4.69) is 17.4 Å². The highest BCUT2D eigenvalue weighted by molar-refractivity contribution is 7.80. The van der Waals surface area contributed by atoms with E-state index in [1.807, 2.05) is 0 Å². The number of alkyl halides is 3. The van der Waals surface area contributed by atoms with E-state index in [0.29, 0.717) is 0 Å². The predicted octanol–water partition coefficient (Wildman–Crippen LogP) is 1.80. The van der Waals surface area contributed by atoms with E-state index in [-0.39, 0.29) is 0 Å². The molecule has 0 aliphatic rings. The molecule has 0 heterocycles. The molecule has 0 aromatic carbocycles. The van der Waals surface area contributed by atoms with Crippen molar-refractivity contribution in [1.29, 1.82) is 0 Å². The highest BCUT2D eigenvalue weighted by Crippen LogP contribution is 2.19. The number of hydrogen-bond acceptors (Lipinski definition) is 2. The quantitative estimate of drug-likeness (QED) is 0.438. The average molecular weight is 146 g/mol. The van der Waals surface area contributed by atoms with Crippen molar-refractivity contribution in [2.75, 3.05) is 0 Å². The summed E-state index contributed by atoms with van der Waals surface area (Å²) in [6.07, 6.45) is -4.55. The van der Waals surface area contributed by atoms with Crippen LogP contribution < -0.4 is 0 Å². The van der Waals surface area contributed by atoms with Gasteiger partial charge < -0.3 is 0 Å². The lowest BCUT2D eigenvalue weighted by atomic mass is 10.8. The standard InChI is InChI=1S/C3H5F3OS/c1-2(8)7-3(4,5)6/h2,8H,1H3. The van der Waals surface area contributed by atoms with Gasteiger partial charge in [0, 0.05) is 0 Å². The van der Waals surface area contributed by atoms with Crippen LogP contribution in [0.5, 0.6) is 0 Å². The molecule has 0 aromatic heterocycles. The molecule has 0 fully saturated rings. The fourth-order valence-electron chi connectivity index (χ4n) is 0.193. The zero-order valence-corrected chi connectivity index (χ0v) is 4.96. The van der Waals surface area contributed by atoms with E-state index in [4.69, 9.17) is 0 Å². The van der Waals surface area contributed by atoms with Gasteiger partial charge in [0.1, 0.15) is 5.44 Å². The number of ether oxygens (including phenoxy) is 1. The topological polar surface area (TPSA) is 9.23 Å². The molecule has 0 aromatic rings. The van der Waals surface area contributed by atoms with Gasteiger partial charge in [-0.1, -0.05) is 0 Å². The Labute approximate surface area is 50.2 Å². The van der Waals surface area contributed by atoms with Crippen LogP contribution in [0.15, 0.2) is 0 Å². The van der Waals surface area contributed by atoms with Gasteiger partial charge in [0.2, 0.25) is 0 Å². The van der Waals surface area contributed by atoms with Crippen LogP contribution in [0.25, 0.3) is 0 Å². The first-order valence-corrected chi connectivity index (χ1v) is 2.36. The Morgan fingerprint density at radius 3 is 1.88 bits per heavy atom. The highest BCUT2D eigenvalue weighted by Gasteiger charge is 2.30. The molecule has 0 amide bonds. The first-order valence-electron chi connectivity index (χ1n) is 1.84. The molecule has 50 valence electrons. The Morgan fingerprint density at radius 2 is 1.88 bits per heavy atom. The Balaban J connectivity index is 3.39. The van der Waals surface area contributed by atoms with Crippen molar-refractivity contribution in [3.8, 4) is 0 Å². The Bertz CT molecular complexity index is 69.4. The zero-order chi connectivity index (χ0) is 6.78. The minimum absolute atomic E-state index is 1.09. The first-order chi connectivity index (χ1) is 3.42. The predicted molar refractivity (Wildman–Crippen MR) is 25.6 cm³/mol. The van der Waals surface area contributed by atoms with Crippen molar-refractivity contribution in [1.82, 2.24) is 0 Å². The molecular formula is C3H5F3OS. The third-order valence-electron chi connectivity index (χ3n) is 0.304. The molecule has 1 atom stereocenters. The molecule has 0 rings (SSSR count). The molecule has 5 heteroatoms. The van der Waals surface area contributed by atoms with Crippen LogP contribution in [-0.2, 0) is 4.74 Å². The molecule has 0 bridgehead atoms. The molecule has 0 aliphatic heterocycles. The molecule has 0 N–H and O–H groups in total. The summed E-state index contributed by atoms with van der Waals surface area (Å²) in [5.74, 6) is 0. The van der Waals surface area contributed by atoms with E-state index in [1.54, 1.807) is 0 Å². The van der Waals surface area contributed by atoms with Crippen LogP contribution in [0.4, 0.5) is 13.2 Å². The summed E-state index contributed by atoms with van der Waals surface area (Å²) < 4.78 is 36.4. The van der Waals surface area contributed by atoms with Gasteiger partial charge in [-0.25, -0.2) is 0 Å². The molecule has 0 saturated carbocycles. The van der Waals surface area contributed by atoms with E-state index >= 15 is 0 Å². The fourth-order valence-corrected chi connectivity index (χ4v) is 0.313. The number of halogens is 3. The number of rotatable bonds is 1. The Hall–Kier alpha value is 0.100. The van der Waals surface area contributed by atoms with Crippen LogP contribution in [0.3, 0.4) is 0 Å². The smallest absolute Gasteiger partial charge is 0.278 e. The van der Waals surface area contributed by atoms with Gasteiger partial charge in [-0.15, -0.1) is 25.8 Å². The minimum atomic E-state index is -4.55. The van der Waals surface area contributed by atoms with Crippen LogP contribution in [0.1, 0.15) is 6.92 Å². The number of hydrogen-bond donors (Lipinski definition) is 1.